The van der Waals surface area contributed by atoms with Crippen LogP contribution >= 0.6 is 11.8 Å². The van der Waals surface area contributed by atoms with Crippen molar-refractivity contribution in [1.29, 1.82) is 0 Å². The van der Waals surface area contributed by atoms with Crippen molar-refractivity contribution in [3.05, 3.63) is 0 Å². The first kappa shape index (κ1) is 7.42. The lowest BCUT2D eigenvalue weighted by atomic mass is 10.3. The van der Waals surface area contributed by atoms with Crippen LogP contribution in [-0.2, 0) is 4.74 Å². The monoisotopic (exact) mass is 146 g/mol. The third-order valence-electron chi connectivity index (χ3n) is 1.48. The molecule has 0 N–H and O–H groups in total. The highest BCUT2D eigenvalue weighted by Gasteiger charge is 2.14. The molecule has 0 aliphatic carbocycles. The van der Waals surface area contributed by atoms with Gasteiger partial charge < -0.3 is 4.74 Å². The van der Waals surface area contributed by atoms with Crippen molar-refractivity contribution in [2.45, 2.75) is 31.6 Å². The largest absolute Gasteiger partial charge is 0.367 e. The summed E-state index contributed by atoms with van der Waals surface area (Å²) in [6.07, 6.45) is 3.86. The van der Waals surface area contributed by atoms with Crippen LogP contribution in [0.2, 0.25) is 0 Å². The summed E-state index contributed by atoms with van der Waals surface area (Å²) in [6.45, 7) is 3.19. The first-order valence-corrected chi connectivity index (χ1v) is 4.71. The molecule has 0 aromatic heterocycles. The van der Waals surface area contributed by atoms with E-state index >= 15 is 0 Å². The summed E-state index contributed by atoms with van der Waals surface area (Å²) >= 11 is 1.96. The molecular weight excluding hydrogens is 132 g/mol. The van der Waals surface area contributed by atoms with Gasteiger partial charge in [-0.05, 0) is 6.42 Å². The Morgan fingerprint density at radius 1 is 1.67 bits per heavy atom. The predicted octanol–water partition coefficient (Wildman–Crippen LogP) is 2.27. The average molecular weight is 146 g/mol. The fourth-order valence-corrected chi connectivity index (χ4v) is 1.93. The molecule has 0 saturated carbocycles. The Kier molecular flexibility index (Phi) is 3.44. The summed E-state index contributed by atoms with van der Waals surface area (Å²) in [5.41, 5.74) is 0.532. The van der Waals surface area contributed by atoms with Crippen molar-refractivity contribution < 1.29 is 4.74 Å². The lowest BCUT2D eigenvalue weighted by molar-refractivity contribution is 0.135. The van der Waals surface area contributed by atoms with Crippen molar-refractivity contribution in [3.63, 3.8) is 0 Å². The normalized spacial score (nSPS) is 27.0. The molecule has 0 radical (unpaired) electrons. The van der Waals surface area contributed by atoms with Crippen molar-refractivity contribution in [3.8, 4) is 0 Å². The minimum Gasteiger partial charge on any atom is -0.367 e. The van der Waals surface area contributed by atoms with Crippen molar-refractivity contribution in [2.75, 3.05) is 12.4 Å². The van der Waals surface area contributed by atoms with E-state index in [1.165, 1.54) is 25.0 Å². The highest BCUT2D eigenvalue weighted by atomic mass is 32.2. The number of ether oxygens (including phenoxy) is 1. The molecule has 1 aliphatic heterocycles. The van der Waals surface area contributed by atoms with E-state index in [0.717, 1.165) is 6.61 Å². The molecule has 1 heterocycles. The van der Waals surface area contributed by atoms with Crippen LogP contribution < -0.4 is 0 Å². The molecule has 0 amide bonds. The molecule has 1 aliphatic rings. The standard InChI is InChI=1S/C7H14OS/c1-2-3-4-7-8-5-6-9-7/h7H,2-6H2,1H3. The van der Waals surface area contributed by atoms with Crippen LogP contribution in [0.1, 0.15) is 26.2 Å². The maximum atomic E-state index is 5.42. The van der Waals surface area contributed by atoms with Gasteiger partial charge in [-0.2, -0.15) is 0 Å². The molecule has 1 rings (SSSR count). The number of thioether (sulfide) groups is 1. The van der Waals surface area contributed by atoms with Gasteiger partial charge in [0.15, 0.2) is 0 Å². The number of hydrogen-bond acceptors (Lipinski definition) is 2. The maximum absolute atomic E-state index is 5.42. The van der Waals surface area contributed by atoms with E-state index in [0.29, 0.717) is 5.44 Å². The summed E-state index contributed by atoms with van der Waals surface area (Å²) in [5, 5.41) is 0. The van der Waals surface area contributed by atoms with Crippen LogP contribution in [0, 0.1) is 0 Å². The molecule has 1 nitrogen and oxygen atoms in total. The molecule has 0 aromatic rings. The molecule has 1 unspecified atom stereocenters. The predicted molar refractivity (Wildman–Crippen MR) is 41.7 cm³/mol. The van der Waals surface area contributed by atoms with Gasteiger partial charge >= 0.3 is 0 Å². The Hall–Kier alpha value is 0.310. The van der Waals surface area contributed by atoms with E-state index in [1.54, 1.807) is 0 Å². The second-order valence-corrected chi connectivity index (χ2v) is 3.58. The zero-order valence-corrected chi connectivity index (χ0v) is 6.75. The second kappa shape index (κ2) is 4.18. The zero-order chi connectivity index (χ0) is 6.53. The molecule has 1 saturated heterocycles. The molecule has 0 bridgehead atoms. The Morgan fingerprint density at radius 2 is 2.56 bits per heavy atom. The SMILES string of the molecule is CCCCC1OCCS1. The minimum atomic E-state index is 0.532. The highest BCUT2D eigenvalue weighted by molar-refractivity contribution is 7.99. The lowest BCUT2D eigenvalue weighted by Crippen LogP contribution is -1.99. The quantitative estimate of drug-likeness (QED) is 0.604. The number of rotatable bonds is 3. The van der Waals surface area contributed by atoms with Gasteiger partial charge in [-0.1, -0.05) is 19.8 Å². The van der Waals surface area contributed by atoms with Gasteiger partial charge in [-0.25, -0.2) is 0 Å². The molecule has 0 aromatic carbocycles. The Bertz CT molecular complexity index is 69.3. The van der Waals surface area contributed by atoms with Crippen LogP contribution in [-0.4, -0.2) is 17.8 Å². The Balaban J connectivity index is 1.98. The van der Waals surface area contributed by atoms with E-state index in [1.807, 2.05) is 11.8 Å². The van der Waals surface area contributed by atoms with Crippen molar-refractivity contribution in [2.24, 2.45) is 0 Å². The van der Waals surface area contributed by atoms with E-state index in [4.69, 9.17) is 4.74 Å². The van der Waals surface area contributed by atoms with Gasteiger partial charge in [0.25, 0.3) is 0 Å². The molecular formula is C7H14OS. The summed E-state index contributed by atoms with van der Waals surface area (Å²) in [6, 6.07) is 0. The van der Waals surface area contributed by atoms with Crippen molar-refractivity contribution in [1.82, 2.24) is 0 Å². The Morgan fingerprint density at radius 3 is 3.11 bits per heavy atom. The van der Waals surface area contributed by atoms with Crippen LogP contribution in [0.15, 0.2) is 0 Å². The van der Waals surface area contributed by atoms with Crippen LogP contribution in [0.3, 0.4) is 0 Å². The minimum absolute atomic E-state index is 0.532. The summed E-state index contributed by atoms with van der Waals surface area (Å²) in [5.74, 6) is 1.20. The van der Waals surface area contributed by atoms with E-state index < -0.39 is 0 Å². The van der Waals surface area contributed by atoms with E-state index in [9.17, 15) is 0 Å². The van der Waals surface area contributed by atoms with Crippen LogP contribution in [0.5, 0.6) is 0 Å². The first-order chi connectivity index (χ1) is 4.43. The lowest BCUT2D eigenvalue weighted by Gasteiger charge is -2.05. The summed E-state index contributed by atoms with van der Waals surface area (Å²) in [4.78, 5) is 0. The third-order valence-corrected chi connectivity index (χ3v) is 2.63. The van der Waals surface area contributed by atoms with E-state index in [-0.39, 0.29) is 0 Å². The summed E-state index contributed by atoms with van der Waals surface area (Å²) < 4.78 is 5.42. The van der Waals surface area contributed by atoms with Gasteiger partial charge in [0.1, 0.15) is 5.44 Å². The van der Waals surface area contributed by atoms with Gasteiger partial charge in [-0.15, -0.1) is 11.8 Å². The average Bonchev–Trinajstić information content (AvgIpc) is 2.34. The van der Waals surface area contributed by atoms with Gasteiger partial charge in [0, 0.05) is 5.75 Å². The fraction of sp³-hybridized carbons (Fsp3) is 1.00. The zero-order valence-electron chi connectivity index (χ0n) is 5.93. The van der Waals surface area contributed by atoms with Gasteiger partial charge in [0.05, 0.1) is 6.61 Å². The number of hydrogen-bond donors (Lipinski definition) is 0. The fourth-order valence-electron chi connectivity index (χ4n) is 0.945. The molecule has 0 spiro atoms. The van der Waals surface area contributed by atoms with Crippen LogP contribution in [0.4, 0.5) is 0 Å². The molecule has 9 heavy (non-hydrogen) atoms. The number of unbranched alkanes of at least 4 members (excludes halogenated alkanes) is 1. The highest BCUT2D eigenvalue weighted by Crippen LogP contribution is 2.23. The maximum Gasteiger partial charge on any atom is 0.103 e. The molecule has 1 atom stereocenters. The topological polar surface area (TPSA) is 9.23 Å². The van der Waals surface area contributed by atoms with E-state index in [2.05, 4.69) is 6.92 Å². The molecule has 1 fully saturated rings. The van der Waals surface area contributed by atoms with Crippen molar-refractivity contribution >= 4 is 11.8 Å². The Labute approximate surface area is 61.2 Å². The summed E-state index contributed by atoms with van der Waals surface area (Å²) in [7, 11) is 0. The smallest absolute Gasteiger partial charge is 0.103 e. The van der Waals surface area contributed by atoms with Crippen LogP contribution in [0.25, 0.3) is 0 Å². The molecule has 2 heteroatoms. The van der Waals surface area contributed by atoms with Gasteiger partial charge in [0.2, 0.25) is 0 Å². The van der Waals surface area contributed by atoms with Gasteiger partial charge in [-0.3, -0.25) is 0 Å². The third kappa shape index (κ3) is 2.59. The molecule has 54 valence electrons. The second-order valence-electron chi connectivity index (χ2n) is 2.31. The first-order valence-electron chi connectivity index (χ1n) is 3.66.